The number of hydrogen-bond donors (Lipinski definition) is 0. The smallest absolute Gasteiger partial charge is 0.411 e. The van der Waals surface area contributed by atoms with Crippen molar-refractivity contribution >= 4 is 6.09 Å². The van der Waals surface area contributed by atoms with Crippen LogP contribution >= 0.6 is 0 Å². The molecule has 2 aromatic carbocycles. The van der Waals surface area contributed by atoms with Crippen LogP contribution in [0.25, 0.3) is 0 Å². The van der Waals surface area contributed by atoms with Crippen molar-refractivity contribution in [2.75, 3.05) is 14.2 Å². The fraction of sp³-hybridized carbons (Fsp3) is 0.435. The highest BCUT2D eigenvalue weighted by molar-refractivity contribution is 5.73. The summed E-state index contributed by atoms with van der Waals surface area (Å²) in [6, 6.07) is 14.3. The molecule has 5 heteroatoms. The quantitative estimate of drug-likeness (QED) is 0.731. The SMILES string of the molecule is COc1cc2c(cc1OC)C1C(c3ccccc3)CC2N1C(=O)OC(C)(C)C. The summed E-state index contributed by atoms with van der Waals surface area (Å²) in [6.45, 7) is 5.70. The Balaban J connectivity index is 1.80. The van der Waals surface area contributed by atoms with Gasteiger partial charge in [0.2, 0.25) is 0 Å². The number of ether oxygens (including phenoxy) is 3. The molecular formula is C23H27NO4. The molecule has 2 aromatic rings. The topological polar surface area (TPSA) is 48.0 Å². The van der Waals surface area contributed by atoms with Gasteiger partial charge in [0, 0.05) is 5.92 Å². The Morgan fingerprint density at radius 3 is 2.18 bits per heavy atom. The lowest BCUT2D eigenvalue weighted by Gasteiger charge is -2.29. The number of nitrogens with zero attached hydrogens (tertiary/aromatic N) is 1. The fourth-order valence-electron chi connectivity index (χ4n) is 4.54. The van der Waals surface area contributed by atoms with Crippen LogP contribution in [0.15, 0.2) is 42.5 Å². The molecule has 0 N–H and O–H groups in total. The highest BCUT2D eigenvalue weighted by atomic mass is 16.6. The molecule has 3 unspecified atom stereocenters. The van der Waals surface area contributed by atoms with Gasteiger partial charge in [-0.05, 0) is 56.0 Å². The van der Waals surface area contributed by atoms with Gasteiger partial charge >= 0.3 is 6.09 Å². The van der Waals surface area contributed by atoms with Crippen LogP contribution < -0.4 is 9.47 Å². The summed E-state index contributed by atoms with van der Waals surface area (Å²) in [4.78, 5) is 15.0. The largest absolute Gasteiger partial charge is 0.493 e. The summed E-state index contributed by atoms with van der Waals surface area (Å²) < 4.78 is 16.8. The predicted molar refractivity (Wildman–Crippen MR) is 107 cm³/mol. The Morgan fingerprint density at radius 1 is 1.00 bits per heavy atom. The third kappa shape index (κ3) is 2.99. The molecule has 0 aliphatic carbocycles. The van der Waals surface area contributed by atoms with Crippen LogP contribution in [-0.4, -0.2) is 30.8 Å². The second-order valence-electron chi connectivity index (χ2n) is 8.44. The van der Waals surface area contributed by atoms with Gasteiger partial charge in [-0.2, -0.15) is 0 Å². The van der Waals surface area contributed by atoms with E-state index in [2.05, 4.69) is 24.3 Å². The lowest BCUT2D eigenvalue weighted by molar-refractivity contribution is 0.0172. The van der Waals surface area contributed by atoms with Gasteiger partial charge in [0.15, 0.2) is 11.5 Å². The fourth-order valence-corrected chi connectivity index (χ4v) is 4.54. The van der Waals surface area contributed by atoms with Crippen molar-refractivity contribution in [2.45, 2.75) is 50.8 Å². The first-order valence-corrected chi connectivity index (χ1v) is 9.66. The molecule has 28 heavy (non-hydrogen) atoms. The maximum atomic E-state index is 13.1. The van der Waals surface area contributed by atoms with Crippen LogP contribution in [0, 0.1) is 0 Å². The van der Waals surface area contributed by atoms with E-state index in [0.717, 1.165) is 17.5 Å². The van der Waals surface area contributed by atoms with Crippen LogP contribution in [0.2, 0.25) is 0 Å². The monoisotopic (exact) mass is 381 g/mol. The summed E-state index contributed by atoms with van der Waals surface area (Å²) >= 11 is 0. The van der Waals surface area contributed by atoms with Gasteiger partial charge in [-0.1, -0.05) is 30.3 Å². The Hall–Kier alpha value is -2.69. The van der Waals surface area contributed by atoms with E-state index in [4.69, 9.17) is 14.2 Å². The van der Waals surface area contributed by atoms with E-state index >= 15 is 0 Å². The maximum absolute atomic E-state index is 13.1. The summed E-state index contributed by atoms with van der Waals surface area (Å²) in [5.41, 5.74) is 2.95. The lowest BCUT2D eigenvalue weighted by atomic mass is 9.80. The Bertz CT molecular complexity index is 887. The molecular weight excluding hydrogens is 354 g/mol. The number of fused-ring (bicyclic) bond motifs is 5. The molecule has 0 aromatic heterocycles. The number of carbonyl (C=O) groups excluding carboxylic acids is 1. The maximum Gasteiger partial charge on any atom is 0.411 e. The molecule has 4 rings (SSSR count). The molecule has 0 spiro atoms. The second-order valence-corrected chi connectivity index (χ2v) is 8.44. The molecule has 1 amide bonds. The number of amides is 1. The minimum Gasteiger partial charge on any atom is -0.493 e. The molecule has 2 bridgehead atoms. The molecule has 3 atom stereocenters. The van der Waals surface area contributed by atoms with Gasteiger partial charge in [0.25, 0.3) is 0 Å². The third-order valence-corrected chi connectivity index (χ3v) is 5.59. The van der Waals surface area contributed by atoms with Crippen LogP contribution in [-0.2, 0) is 4.74 Å². The van der Waals surface area contributed by atoms with E-state index in [0.29, 0.717) is 11.5 Å². The zero-order valence-corrected chi connectivity index (χ0v) is 17.1. The average Bonchev–Trinajstić information content (AvgIpc) is 3.20. The van der Waals surface area contributed by atoms with Crippen LogP contribution in [0.4, 0.5) is 4.79 Å². The standard InChI is InChI=1S/C23H27NO4/c1-23(2,3)28-22(25)24-18-11-15(14-9-7-6-8-10-14)21(24)17-13-20(27-5)19(26-4)12-16(17)18/h6-10,12-13,15,18,21H,11H2,1-5H3. The Morgan fingerprint density at radius 2 is 1.61 bits per heavy atom. The van der Waals surface area contributed by atoms with Gasteiger partial charge in [-0.15, -0.1) is 0 Å². The summed E-state index contributed by atoms with van der Waals surface area (Å²) in [5, 5.41) is 0. The number of hydrogen-bond acceptors (Lipinski definition) is 4. The minimum atomic E-state index is -0.539. The van der Waals surface area contributed by atoms with Gasteiger partial charge in [-0.3, -0.25) is 4.90 Å². The molecule has 2 heterocycles. The number of benzene rings is 2. The number of methoxy groups -OCH3 is 2. The van der Waals surface area contributed by atoms with E-state index in [1.165, 1.54) is 5.56 Å². The van der Waals surface area contributed by atoms with Crippen molar-refractivity contribution in [2.24, 2.45) is 0 Å². The first-order valence-electron chi connectivity index (χ1n) is 9.66. The minimum absolute atomic E-state index is 0.0279. The van der Waals surface area contributed by atoms with Crippen LogP contribution in [0.1, 0.15) is 61.9 Å². The molecule has 1 saturated heterocycles. The van der Waals surface area contributed by atoms with E-state index < -0.39 is 5.60 Å². The average molecular weight is 381 g/mol. The molecule has 2 aliphatic heterocycles. The molecule has 5 nitrogen and oxygen atoms in total. The third-order valence-electron chi connectivity index (χ3n) is 5.59. The number of rotatable bonds is 3. The van der Waals surface area contributed by atoms with Crippen molar-refractivity contribution in [1.29, 1.82) is 0 Å². The molecule has 0 saturated carbocycles. The van der Waals surface area contributed by atoms with E-state index in [9.17, 15) is 4.79 Å². The van der Waals surface area contributed by atoms with Crippen molar-refractivity contribution in [3.8, 4) is 11.5 Å². The number of carbonyl (C=O) groups is 1. The highest BCUT2D eigenvalue weighted by Gasteiger charge is 2.54. The molecule has 0 radical (unpaired) electrons. The van der Waals surface area contributed by atoms with E-state index in [1.807, 2.05) is 43.9 Å². The van der Waals surface area contributed by atoms with Crippen molar-refractivity contribution in [3.05, 3.63) is 59.2 Å². The van der Waals surface area contributed by atoms with Crippen LogP contribution in [0.3, 0.4) is 0 Å². The normalized spacial score (nSPS) is 22.8. The lowest BCUT2D eigenvalue weighted by Crippen LogP contribution is -2.35. The van der Waals surface area contributed by atoms with Crippen molar-refractivity contribution in [3.63, 3.8) is 0 Å². The van der Waals surface area contributed by atoms with Gasteiger partial charge in [0.05, 0.1) is 26.3 Å². The zero-order valence-electron chi connectivity index (χ0n) is 17.1. The second kappa shape index (κ2) is 6.73. The van der Waals surface area contributed by atoms with E-state index in [-0.39, 0.29) is 24.1 Å². The van der Waals surface area contributed by atoms with Gasteiger partial charge in [0.1, 0.15) is 5.60 Å². The summed E-state index contributed by atoms with van der Waals surface area (Å²) in [5.74, 6) is 1.60. The van der Waals surface area contributed by atoms with Crippen molar-refractivity contribution < 1.29 is 19.0 Å². The molecule has 1 fully saturated rings. The summed E-state index contributed by atoms with van der Waals surface area (Å²) in [6.07, 6.45) is 0.603. The van der Waals surface area contributed by atoms with Gasteiger partial charge in [-0.25, -0.2) is 4.79 Å². The van der Waals surface area contributed by atoms with Crippen molar-refractivity contribution in [1.82, 2.24) is 4.90 Å². The zero-order chi connectivity index (χ0) is 20.1. The first-order chi connectivity index (χ1) is 13.3. The predicted octanol–water partition coefficient (Wildman–Crippen LogP) is 5.22. The molecule has 2 aliphatic rings. The highest BCUT2D eigenvalue weighted by Crippen LogP contribution is 2.61. The molecule has 148 valence electrons. The Labute approximate surface area is 166 Å². The summed E-state index contributed by atoms with van der Waals surface area (Å²) in [7, 11) is 3.27. The van der Waals surface area contributed by atoms with Crippen LogP contribution in [0.5, 0.6) is 11.5 Å². The van der Waals surface area contributed by atoms with E-state index in [1.54, 1.807) is 14.2 Å². The first kappa shape index (κ1) is 18.7. The Kier molecular flexibility index (Phi) is 4.48. The van der Waals surface area contributed by atoms with Gasteiger partial charge < -0.3 is 14.2 Å².